The van der Waals surface area contributed by atoms with Crippen molar-refractivity contribution in [2.45, 2.75) is 26.7 Å². The summed E-state index contributed by atoms with van der Waals surface area (Å²) in [7, 11) is 0. The fourth-order valence-electron chi connectivity index (χ4n) is 1.60. The van der Waals surface area contributed by atoms with Crippen LogP contribution in [0.2, 0.25) is 5.02 Å². The molecule has 21 heavy (non-hydrogen) atoms. The smallest absolute Gasteiger partial charge is 0.311 e. The van der Waals surface area contributed by atoms with Gasteiger partial charge in [-0.15, -0.1) is 0 Å². The van der Waals surface area contributed by atoms with Crippen LogP contribution < -0.4 is 0 Å². The summed E-state index contributed by atoms with van der Waals surface area (Å²) in [5.41, 5.74) is 1.01. The first kappa shape index (κ1) is 17.2. The molecule has 0 aliphatic carbocycles. The Morgan fingerprint density at radius 3 is 1.90 bits per heavy atom. The Morgan fingerprint density at radius 2 is 1.48 bits per heavy atom. The summed E-state index contributed by atoms with van der Waals surface area (Å²) in [5.74, 6) is -0.843. The maximum Gasteiger partial charge on any atom is 0.311 e. The van der Waals surface area contributed by atoms with Gasteiger partial charge >= 0.3 is 11.9 Å². The van der Waals surface area contributed by atoms with Crippen LogP contribution in [0.15, 0.2) is 29.3 Å². The molecule has 1 rings (SSSR count). The van der Waals surface area contributed by atoms with Crippen LogP contribution in [0.25, 0.3) is 0 Å². The molecule has 0 spiro atoms. The first-order chi connectivity index (χ1) is 10.0. The number of benzene rings is 1. The van der Waals surface area contributed by atoms with E-state index in [4.69, 9.17) is 21.1 Å². The Morgan fingerprint density at radius 1 is 1.00 bits per heavy atom. The molecule has 0 atom stereocenters. The molecule has 0 amide bonds. The predicted molar refractivity (Wildman–Crippen MR) is 81.0 cm³/mol. The van der Waals surface area contributed by atoms with Gasteiger partial charge < -0.3 is 9.47 Å². The second kappa shape index (κ2) is 9.13. The summed E-state index contributed by atoms with van der Waals surface area (Å²) in [6, 6.07) is 6.79. The lowest BCUT2D eigenvalue weighted by Crippen LogP contribution is -2.16. The molecule has 0 unspecified atom stereocenters. The molecule has 0 saturated heterocycles. The van der Waals surface area contributed by atoms with Crippen molar-refractivity contribution in [1.29, 1.82) is 0 Å². The molecule has 0 fully saturated rings. The molecule has 0 bridgehead atoms. The van der Waals surface area contributed by atoms with E-state index in [1.807, 2.05) is 0 Å². The van der Waals surface area contributed by atoms with E-state index in [-0.39, 0.29) is 26.1 Å². The molecule has 114 valence electrons. The zero-order chi connectivity index (χ0) is 15.7. The lowest BCUT2D eigenvalue weighted by atomic mass is 10.2. The van der Waals surface area contributed by atoms with Crippen molar-refractivity contribution in [2.75, 3.05) is 13.2 Å². The van der Waals surface area contributed by atoms with Crippen LogP contribution in [-0.4, -0.2) is 30.9 Å². The van der Waals surface area contributed by atoms with Crippen LogP contribution in [0.4, 0.5) is 5.69 Å². The maximum atomic E-state index is 11.6. The van der Waals surface area contributed by atoms with Gasteiger partial charge in [0.15, 0.2) is 0 Å². The number of rotatable bonds is 7. The van der Waals surface area contributed by atoms with Gasteiger partial charge in [0.1, 0.15) is 0 Å². The molecule has 0 aliphatic rings. The second-order valence-electron chi connectivity index (χ2n) is 4.12. The summed E-state index contributed by atoms with van der Waals surface area (Å²) < 4.78 is 9.76. The number of aliphatic imine (C=N–C) groups is 1. The lowest BCUT2D eigenvalue weighted by Gasteiger charge is -2.07. The normalized spacial score (nSPS) is 9.86. The van der Waals surface area contributed by atoms with Gasteiger partial charge in [-0.3, -0.25) is 14.6 Å². The molecule has 0 aromatic heterocycles. The van der Waals surface area contributed by atoms with Crippen molar-refractivity contribution < 1.29 is 19.1 Å². The Labute approximate surface area is 128 Å². The highest BCUT2D eigenvalue weighted by molar-refractivity contribution is 6.30. The van der Waals surface area contributed by atoms with E-state index < -0.39 is 11.9 Å². The molecule has 1 aromatic rings. The van der Waals surface area contributed by atoms with Gasteiger partial charge in [0, 0.05) is 10.7 Å². The van der Waals surface area contributed by atoms with Crippen LogP contribution in [0.5, 0.6) is 0 Å². The lowest BCUT2D eigenvalue weighted by molar-refractivity contribution is -0.141. The van der Waals surface area contributed by atoms with Crippen LogP contribution in [0, 0.1) is 0 Å². The number of nitrogens with zero attached hydrogens (tertiary/aromatic N) is 1. The standard InChI is InChI=1S/C15H18ClNO4/c1-3-20-14(18)9-13(10-15(19)21-4-2)17-12-7-5-11(16)6-8-12/h5-8H,3-4,9-10H2,1-2H3. The molecule has 5 nitrogen and oxygen atoms in total. The van der Waals surface area contributed by atoms with Gasteiger partial charge in [-0.25, -0.2) is 0 Å². The highest BCUT2D eigenvalue weighted by atomic mass is 35.5. The van der Waals surface area contributed by atoms with Crippen molar-refractivity contribution in [3.05, 3.63) is 29.3 Å². The van der Waals surface area contributed by atoms with Gasteiger partial charge in [0.05, 0.1) is 31.7 Å². The molecular formula is C15H18ClNO4. The van der Waals surface area contributed by atoms with Crippen molar-refractivity contribution in [1.82, 2.24) is 0 Å². The fraction of sp³-hybridized carbons (Fsp3) is 0.400. The van der Waals surface area contributed by atoms with Gasteiger partial charge in [-0.1, -0.05) is 11.6 Å². The summed E-state index contributed by atoms with van der Waals surface area (Å²) in [5, 5.41) is 0.589. The molecule has 0 saturated carbocycles. The molecule has 0 heterocycles. The van der Waals surface area contributed by atoms with Gasteiger partial charge in [-0.2, -0.15) is 0 Å². The first-order valence-electron chi connectivity index (χ1n) is 6.68. The third-order valence-electron chi connectivity index (χ3n) is 2.42. The largest absolute Gasteiger partial charge is 0.466 e. The number of carbonyl (C=O) groups is 2. The predicted octanol–water partition coefficient (Wildman–Crippen LogP) is 3.32. The van der Waals surface area contributed by atoms with Crippen molar-refractivity contribution >= 4 is 34.9 Å². The van der Waals surface area contributed by atoms with Crippen molar-refractivity contribution in [3.8, 4) is 0 Å². The monoisotopic (exact) mass is 311 g/mol. The van der Waals surface area contributed by atoms with E-state index in [1.54, 1.807) is 38.1 Å². The number of hydrogen-bond acceptors (Lipinski definition) is 5. The topological polar surface area (TPSA) is 65.0 Å². The third kappa shape index (κ3) is 6.90. The number of ether oxygens (including phenoxy) is 2. The Hall–Kier alpha value is -1.88. The molecule has 0 radical (unpaired) electrons. The minimum Gasteiger partial charge on any atom is -0.466 e. The van der Waals surface area contributed by atoms with Crippen LogP contribution >= 0.6 is 11.6 Å². The van der Waals surface area contributed by atoms with E-state index in [2.05, 4.69) is 4.99 Å². The summed E-state index contributed by atoms with van der Waals surface area (Å²) in [6.07, 6.45) is -0.0927. The summed E-state index contributed by atoms with van der Waals surface area (Å²) >= 11 is 5.80. The molecule has 0 N–H and O–H groups in total. The van der Waals surface area contributed by atoms with Gasteiger partial charge in [-0.05, 0) is 38.1 Å². The molecule has 1 aromatic carbocycles. The highest BCUT2D eigenvalue weighted by Gasteiger charge is 2.14. The number of hydrogen-bond donors (Lipinski definition) is 0. The minimum atomic E-state index is -0.422. The molecule has 6 heteroatoms. The zero-order valence-electron chi connectivity index (χ0n) is 12.1. The third-order valence-corrected chi connectivity index (χ3v) is 2.67. The van der Waals surface area contributed by atoms with E-state index in [0.29, 0.717) is 16.4 Å². The summed E-state index contributed by atoms with van der Waals surface area (Å²) in [4.78, 5) is 27.4. The van der Waals surface area contributed by atoms with Gasteiger partial charge in [0.25, 0.3) is 0 Å². The number of halogens is 1. The highest BCUT2D eigenvalue weighted by Crippen LogP contribution is 2.17. The second-order valence-corrected chi connectivity index (χ2v) is 4.55. The fourth-order valence-corrected chi connectivity index (χ4v) is 1.72. The van der Waals surface area contributed by atoms with Crippen LogP contribution in [0.3, 0.4) is 0 Å². The number of carbonyl (C=O) groups excluding carboxylic acids is 2. The Kier molecular flexibility index (Phi) is 7.46. The average molecular weight is 312 g/mol. The maximum absolute atomic E-state index is 11.6. The van der Waals surface area contributed by atoms with Gasteiger partial charge in [0.2, 0.25) is 0 Å². The Balaban J connectivity index is 2.86. The molecular weight excluding hydrogens is 294 g/mol. The van der Waals surface area contributed by atoms with Crippen LogP contribution in [-0.2, 0) is 19.1 Å². The van der Waals surface area contributed by atoms with E-state index in [9.17, 15) is 9.59 Å². The minimum absolute atomic E-state index is 0.0463. The SMILES string of the molecule is CCOC(=O)CC(CC(=O)OCC)=Nc1ccc(Cl)cc1. The van der Waals surface area contributed by atoms with Crippen molar-refractivity contribution in [2.24, 2.45) is 4.99 Å². The van der Waals surface area contributed by atoms with E-state index >= 15 is 0 Å². The summed E-state index contributed by atoms with van der Waals surface area (Å²) in [6.45, 7) is 4.01. The zero-order valence-corrected chi connectivity index (χ0v) is 12.9. The first-order valence-corrected chi connectivity index (χ1v) is 7.06. The van der Waals surface area contributed by atoms with E-state index in [0.717, 1.165) is 0 Å². The average Bonchev–Trinajstić information content (AvgIpc) is 2.41. The van der Waals surface area contributed by atoms with Crippen molar-refractivity contribution in [3.63, 3.8) is 0 Å². The van der Waals surface area contributed by atoms with Crippen LogP contribution in [0.1, 0.15) is 26.7 Å². The quantitative estimate of drug-likeness (QED) is 0.572. The Bertz CT molecular complexity index is 489. The number of esters is 2. The van der Waals surface area contributed by atoms with E-state index in [1.165, 1.54) is 0 Å². The molecule has 0 aliphatic heterocycles.